The summed E-state index contributed by atoms with van der Waals surface area (Å²) in [6, 6.07) is 7.27. The van der Waals surface area contributed by atoms with Crippen LogP contribution in [0.2, 0.25) is 10.0 Å². The van der Waals surface area contributed by atoms with E-state index in [0.29, 0.717) is 10.0 Å². The second-order valence-corrected chi connectivity index (χ2v) is 5.90. The topological polar surface area (TPSA) is 59.1 Å². The van der Waals surface area contributed by atoms with E-state index in [9.17, 15) is 0 Å². The Morgan fingerprint density at radius 2 is 2.14 bits per heavy atom. The molecule has 1 atom stereocenters. The van der Waals surface area contributed by atoms with Gasteiger partial charge in [-0.2, -0.15) is 5.10 Å². The number of hydrazine groups is 1. The molecule has 0 radical (unpaired) electrons. The third kappa shape index (κ3) is 3.96. The standard InChI is InChI=1S/C14H19Cl2N5/c1-20(2)6-7-21-14(12(16)9-18-21)13(19-17)10-4-3-5-11(15)8-10/h3-5,8-9,13,19H,6-7,17H2,1-2H3. The Balaban J connectivity index is 2.35. The van der Waals surface area contributed by atoms with Crippen molar-refractivity contribution in [2.45, 2.75) is 12.6 Å². The van der Waals surface area contributed by atoms with Crippen molar-refractivity contribution >= 4 is 23.2 Å². The molecule has 1 aromatic heterocycles. The molecular weight excluding hydrogens is 309 g/mol. The Labute approximate surface area is 134 Å². The van der Waals surface area contributed by atoms with Crippen molar-refractivity contribution in [3.63, 3.8) is 0 Å². The van der Waals surface area contributed by atoms with Gasteiger partial charge < -0.3 is 4.90 Å². The van der Waals surface area contributed by atoms with E-state index >= 15 is 0 Å². The summed E-state index contributed by atoms with van der Waals surface area (Å²) in [6.07, 6.45) is 1.64. The molecule has 21 heavy (non-hydrogen) atoms. The molecule has 0 spiro atoms. The molecule has 1 aromatic carbocycles. The minimum atomic E-state index is -0.263. The fraction of sp³-hybridized carbons (Fsp3) is 0.357. The summed E-state index contributed by atoms with van der Waals surface area (Å²) in [4.78, 5) is 2.09. The molecule has 0 saturated heterocycles. The first-order valence-electron chi connectivity index (χ1n) is 6.60. The minimum Gasteiger partial charge on any atom is -0.308 e. The average molecular weight is 328 g/mol. The van der Waals surface area contributed by atoms with Crippen LogP contribution in [0.3, 0.4) is 0 Å². The quantitative estimate of drug-likeness (QED) is 0.631. The molecule has 0 aliphatic carbocycles. The van der Waals surface area contributed by atoms with E-state index in [-0.39, 0.29) is 6.04 Å². The highest BCUT2D eigenvalue weighted by molar-refractivity contribution is 6.31. The zero-order valence-electron chi connectivity index (χ0n) is 12.1. The molecular formula is C14H19Cl2N5. The first-order valence-corrected chi connectivity index (χ1v) is 7.36. The molecule has 0 saturated carbocycles. The van der Waals surface area contributed by atoms with E-state index in [1.165, 1.54) is 0 Å². The van der Waals surface area contributed by atoms with Crippen LogP contribution in [0, 0.1) is 0 Å². The Kier molecular flexibility index (Phi) is 5.61. The first kappa shape index (κ1) is 16.3. The summed E-state index contributed by atoms with van der Waals surface area (Å²) in [5, 5.41) is 5.57. The van der Waals surface area contributed by atoms with Gasteiger partial charge in [-0.1, -0.05) is 35.3 Å². The van der Waals surface area contributed by atoms with Crippen LogP contribution in [0.15, 0.2) is 30.5 Å². The number of nitrogens with one attached hydrogen (secondary N) is 1. The van der Waals surface area contributed by atoms with Gasteiger partial charge in [0, 0.05) is 11.6 Å². The third-order valence-corrected chi connectivity index (χ3v) is 3.74. The molecule has 1 heterocycles. The monoisotopic (exact) mass is 327 g/mol. The third-order valence-electron chi connectivity index (χ3n) is 3.21. The molecule has 7 heteroatoms. The van der Waals surface area contributed by atoms with Crippen molar-refractivity contribution in [3.8, 4) is 0 Å². The van der Waals surface area contributed by atoms with Crippen LogP contribution in [0.25, 0.3) is 0 Å². The Hall–Kier alpha value is -1.11. The van der Waals surface area contributed by atoms with Gasteiger partial charge in [-0.3, -0.25) is 10.5 Å². The predicted octanol–water partition coefficient (Wildman–Crippen LogP) is 2.30. The second kappa shape index (κ2) is 7.24. The fourth-order valence-electron chi connectivity index (χ4n) is 2.15. The number of aromatic nitrogens is 2. The van der Waals surface area contributed by atoms with Crippen molar-refractivity contribution in [3.05, 3.63) is 51.8 Å². The van der Waals surface area contributed by atoms with E-state index in [2.05, 4.69) is 15.4 Å². The van der Waals surface area contributed by atoms with Crippen LogP contribution in [0.5, 0.6) is 0 Å². The number of hydrogen-bond donors (Lipinski definition) is 2. The number of likely N-dealkylation sites (N-methyl/N-ethyl adjacent to an activating group) is 1. The maximum Gasteiger partial charge on any atom is 0.0894 e. The van der Waals surface area contributed by atoms with Gasteiger partial charge in [-0.15, -0.1) is 0 Å². The van der Waals surface area contributed by atoms with E-state index in [1.807, 2.05) is 43.0 Å². The van der Waals surface area contributed by atoms with Gasteiger partial charge >= 0.3 is 0 Å². The summed E-state index contributed by atoms with van der Waals surface area (Å²) in [6.45, 7) is 1.59. The second-order valence-electron chi connectivity index (χ2n) is 5.06. The zero-order chi connectivity index (χ0) is 15.4. The maximum atomic E-state index is 6.30. The van der Waals surface area contributed by atoms with Crippen LogP contribution in [-0.4, -0.2) is 35.3 Å². The van der Waals surface area contributed by atoms with E-state index < -0.39 is 0 Å². The van der Waals surface area contributed by atoms with Crippen molar-refractivity contribution in [1.82, 2.24) is 20.1 Å². The SMILES string of the molecule is CN(C)CCn1ncc(Cl)c1C(NN)c1cccc(Cl)c1. The maximum absolute atomic E-state index is 6.30. The molecule has 3 N–H and O–H groups in total. The van der Waals surface area contributed by atoms with Crippen molar-refractivity contribution in [1.29, 1.82) is 0 Å². The van der Waals surface area contributed by atoms with Gasteiger partial charge in [0.05, 0.1) is 29.5 Å². The molecule has 0 aliphatic heterocycles. The molecule has 0 fully saturated rings. The predicted molar refractivity (Wildman–Crippen MR) is 86.4 cm³/mol. The lowest BCUT2D eigenvalue weighted by molar-refractivity contribution is 0.365. The van der Waals surface area contributed by atoms with Gasteiger partial charge in [0.15, 0.2) is 0 Å². The van der Waals surface area contributed by atoms with Crippen LogP contribution < -0.4 is 11.3 Å². The lowest BCUT2D eigenvalue weighted by atomic mass is 10.0. The van der Waals surface area contributed by atoms with Crippen molar-refractivity contribution in [2.75, 3.05) is 20.6 Å². The van der Waals surface area contributed by atoms with E-state index in [0.717, 1.165) is 24.3 Å². The summed E-state index contributed by atoms with van der Waals surface area (Å²) in [5.74, 6) is 5.74. The van der Waals surface area contributed by atoms with Gasteiger partial charge in [0.2, 0.25) is 0 Å². The Morgan fingerprint density at radius 3 is 2.76 bits per heavy atom. The Morgan fingerprint density at radius 1 is 1.38 bits per heavy atom. The van der Waals surface area contributed by atoms with Crippen molar-refractivity contribution in [2.24, 2.45) is 5.84 Å². The lowest BCUT2D eigenvalue weighted by Gasteiger charge is -2.20. The number of benzene rings is 1. The van der Waals surface area contributed by atoms with Crippen molar-refractivity contribution < 1.29 is 0 Å². The normalized spacial score (nSPS) is 12.9. The highest BCUT2D eigenvalue weighted by Crippen LogP contribution is 2.29. The molecule has 0 bridgehead atoms. The van der Waals surface area contributed by atoms with Crippen LogP contribution >= 0.6 is 23.2 Å². The van der Waals surface area contributed by atoms with Gasteiger partial charge in [0.25, 0.3) is 0 Å². The summed E-state index contributed by atoms with van der Waals surface area (Å²) >= 11 is 12.4. The van der Waals surface area contributed by atoms with E-state index in [4.69, 9.17) is 29.0 Å². The summed E-state index contributed by atoms with van der Waals surface area (Å²) in [5.41, 5.74) is 4.58. The lowest BCUT2D eigenvalue weighted by Crippen LogP contribution is -2.32. The zero-order valence-corrected chi connectivity index (χ0v) is 13.6. The summed E-state index contributed by atoms with van der Waals surface area (Å²) < 4.78 is 1.87. The van der Waals surface area contributed by atoms with Crippen LogP contribution in [0.1, 0.15) is 17.3 Å². The average Bonchev–Trinajstić information content (AvgIpc) is 2.79. The highest BCUT2D eigenvalue weighted by atomic mass is 35.5. The smallest absolute Gasteiger partial charge is 0.0894 e. The number of nitrogens with two attached hydrogens (primary N) is 1. The van der Waals surface area contributed by atoms with E-state index in [1.54, 1.807) is 6.20 Å². The molecule has 0 aliphatic rings. The van der Waals surface area contributed by atoms with Gasteiger partial charge in [-0.05, 0) is 31.8 Å². The highest BCUT2D eigenvalue weighted by Gasteiger charge is 2.21. The van der Waals surface area contributed by atoms with Gasteiger partial charge in [-0.25, -0.2) is 5.43 Å². The molecule has 114 valence electrons. The molecule has 2 aromatic rings. The number of nitrogens with zero attached hydrogens (tertiary/aromatic N) is 3. The van der Waals surface area contributed by atoms with Crippen LogP contribution in [-0.2, 0) is 6.54 Å². The van der Waals surface area contributed by atoms with Gasteiger partial charge in [0.1, 0.15) is 0 Å². The summed E-state index contributed by atoms with van der Waals surface area (Å²) in [7, 11) is 4.03. The fourth-order valence-corrected chi connectivity index (χ4v) is 2.60. The first-order chi connectivity index (χ1) is 10.0. The van der Waals surface area contributed by atoms with Crippen LogP contribution in [0.4, 0.5) is 0 Å². The molecule has 1 unspecified atom stereocenters. The molecule has 0 amide bonds. The minimum absolute atomic E-state index is 0.263. The molecule has 2 rings (SSSR count). The largest absolute Gasteiger partial charge is 0.308 e. The molecule has 5 nitrogen and oxygen atoms in total. The number of hydrogen-bond acceptors (Lipinski definition) is 4. The Bertz CT molecular complexity index is 597. The number of rotatable bonds is 6. The number of halogens is 2.